The highest BCUT2D eigenvalue weighted by molar-refractivity contribution is 6.31. The molecule has 1 aromatic rings. The fraction of sp³-hybridized carbons (Fsp3) is 0.545. The van der Waals surface area contributed by atoms with E-state index < -0.39 is 0 Å². The third-order valence-electron chi connectivity index (χ3n) is 2.75. The van der Waals surface area contributed by atoms with Gasteiger partial charge in [0.1, 0.15) is 16.4 Å². The maximum Gasteiger partial charge on any atom is 0.141 e. The zero-order chi connectivity index (χ0) is 10.7. The number of aromatic nitrogens is 1. The average Bonchev–Trinajstić information content (AvgIpc) is 2.22. The summed E-state index contributed by atoms with van der Waals surface area (Å²) in [7, 11) is 0. The standard InChI is InChI=1S/C11H15ClN2O/c1-11(3-6-13-7-4-11)15-10-2-5-14-8-9(10)12/h2,5,8,13H,3-4,6-7H2,1H3. The first-order chi connectivity index (χ1) is 7.20. The molecule has 0 aliphatic carbocycles. The highest BCUT2D eigenvalue weighted by Crippen LogP contribution is 2.30. The molecule has 1 aromatic heterocycles. The van der Waals surface area contributed by atoms with E-state index in [9.17, 15) is 0 Å². The van der Waals surface area contributed by atoms with Gasteiger partial charge in [-0.1, -0.05) is 11.6 Å². The van der Waals surface area contributed by atoms with Gasteiger partial charge in [0.15, 0.2) is 0 Å². The van der Waals surface area contributed by atoms with Crippen molar-refractivity contribution >= 4 is 11.6 Å². The van der Waals surface area contributed by atoms with E-state index in [0.29, 0.717) is 5.02 Å². The molecule has 0 aromatic carbocycles. The largest absolute Gasteiger partial charge is 0.486 e. The minimum absolute atomic E-state index is 0.101. The molecule has 1 aliphatic rings. The Balaban J connectivity index is 2.10. The van der Waals surface area contributed by atoms with Gasteiger partial charge in [-0.2, -0.15) is 0 Å². The van der Waals surface area contributed by atoms with Crippen molar-refractivity contribution in [1.82, 2.24) is 10.3 Å². The Labute approximate surface area is 94.8 Å². The van der Waals surface area contributed by atoms with Crippen LogP contribution in [0.3, 0.4) is 0 Å². The topological polar surface area (TPSA) is 34.1 Å². The summed E-state index contributed by atoms with van der Waals surface area (Å²) in [5.41, 5.74) is -0.101. The molecule has 2 heterocycles. The molecule has 4 heteroatoms. The van der Waals surface area contributed by atoms with Crippen molar-refractivity contribution in [2.75, 3.05) is 13.1 Å². The molecule has 15 heavy (non-hydrogen) atoms. The Bertz CT molecular complexity index is 337. The van der Waals surface area contributed by atoms with E-state index in [-0.39, 0.29) is 5.60 Å². The van der Waals surface area contributed by atoms with Gasteiger partial charge in [-0.05, 0) is 32.9 Å². The van der Waals surface area contributed by atoms with Crippen LogP contribution in [0.4, 0.5) is 0 Å². The number of hydrogen-bond acceptors (Lipinski definition) is 3. The number of piperidine rings is 1. The minimum Gasteiger partial charge on any atom is -0.486 e. The quantitative estimate of drug-likeness (QED) is 0.840. The van der Waals surface area contributed by atoms with Crippen molar-refractivity contribution in [3.05, 3.63) is 23.5 Å². The Hall–Kier alpha value is -0.800. The van der Waals surface area contributed by atoms with E-state index >= 15 is 0 Å². The lowest BCUT2D eigenvalue weighted by Gasteiger charge is -2.34. The summed E-state index contributed by atoms with van der Waals surface area (Å²) in [4.78, 5) is 3.94. The van der Waals surface area contributed by atoms with E-state index in [1.54, 1.807) is 12.4 Å². The van der Waals surface area contributed by atoms with Crippen molar-refractivity contribution in [3.63, 3.8) is 0 Å². The van der Waals surface area contributed by atoms with Gasteiger partial charge in [0, 0.05) is 18.5 Å². The molecule has 2 rings (SSSR count). The van der Waals surface area contributed by atoms with Crippen molar-refractivity contribution in [2.45, 2.75) is 25.4 Å². The molecule has 1 saturated heterocycles. The van der Waals surface area contributed by atoms with Crippen LogP contribution in [0, 0.1) is 0 Å². The van der Waals surface area contributed by atoms with Crippen molar-refractivity contribution in [1.29, 1.82) is 0 Å². The number of hydrogen-bond donors (Lipinski definition) is 1. The summed E-state index contributed by atoms with van der Waals surface area (Å²) in [6.45, 7) is 4.13. The second kappa shape index (κ2) is 4.37. The van der Waals surface area contributed by atoms with Gasteiger partial charge in [0.2, 0.25) is 0 Å². The van der Waals surface area contributed by atoms with Crippen LogP contribution in [0.2, 0.25) is 5.02 Å². The van der Waals surface area contributed by atoms with Gasteiger partial charge in [0.05, 0.1) is 0 Å². The van der Waals surface area contributed by atoms with E-state index in [4.69, 9.17) is 16.3 Å². The first-order valence-corrected chi connectivity index (χ1v) is 5.57. The van der Waals surface area contributed by atoms with Gasteiger partial charge in [-0.25, -0.2) is 0 Å². The van der Waals surface area contributed by atoms with Crippen LogP contribution in [0.5, 0.6) is 5.75 Å². The SMILES string of the molecule is CC1(Oc2ccncc2Cl)CCNCC1. The molecule has 0 radical (unpaired) electrons. The van der Waals surface area contributed by atoms with Crippen LogP contribution in [0.25, 0.3) is 0 Å². The average molecular weight is 227 g/mol. The molecule has 1 fully saturated rings. The summed E-state index contributed by atoms with van der Waals surface area (Å²) < 4.78 is 5.96. The van der Waals surface area contributed by atoms with Crippen LogP contribution in [0.1, 0.15) is 19.8 Å². The van der Waals surface area contributed by atoms with Crippen LogP contribution in [-0.2, 0) is 0 Å². The van der Waals surface area contributed by atoms with Gasteiger partial charge in [0.25, 0.3) is 0 Å². The molecule has 3 nitrogen and oxygen atoms in total. The van der Waals surface area contributed by atoms with Gasteiger partial charge in [-0.3, -0.25) is 4.98 Å². The summed E-state index contributed by atoms with van der Waals surface area (Å²) in [5, 5.41) is 3.90. The molecule has 0 saturated carbocycles. The molecule has 0 amide bonds. The first kappa shape index (κ1) is 10.7. The summed E-state index contributed by atoms with van der Waals surface area (Å²) in [6, 6.07) is 1.82. The molecular weight excluding hydrogens is 212 g/mol. The van der Waals surface area contributed by atoms with Crippen molar-refractivity contribution < 1.29 is 4.74 Å². The van der Waals surface area contributed by atoms with E-state index in [0.717, 1.165) is 31.7 Å². The zero-order valence-corrected chi connectivity index (χ0v) is 9.55. The van der Waals surface area contributed by atoms with Gasteiger partial charge < -0.3 is 10.1 Å². The van der Waals surface area contributed by atoms with Crippen LogP contribution in [0.15, 0.2) is 18.5 Å². The normalized spacial score (nSPS) is 19.9. The lowest BCUT2D eigenvalue weighted by molar-refractivity contribution is 0.0556. The van der Waals surface area contributed by atoms with Crippen molar-refractivity contribution in [2.24, 2.45) is 0 Å². The lowest BCUT2D eigenvalue weighted by Crippen LogP contribution is -2.43. The van der Waals surface area contributed by atoms with Crippen LogP contribution in [-0.4, -0.2) is 23.7 Å². The molecule has 0 bridgehead atoms. The summed E-state index contributed by atoms with van der Waals surface area (Å²) in [6.07, 6.45) is 5.32. The fourth-order valence-electron chi connectivity index (χ4n) is 1.77. The van der Waals surface area contributed by atoms with Gasteiger partial charge >= 0.3 is 0 Å². The predicted octanol–water partition coefficient (Wildman–Crippen LogP) is 2.26. The summed E-state index contributed by atoms with van der Waals surface area (Å²) in [5.74, 6) is 0.732. The highest BCUT2D eigenvalue weighted by atomic mass is 35.5. The fourth-order valence-corrected chi connectivity index (χ4v) is 1.93. The predicted molar refractivity (Wildman–Crippen MR) is 60.4 cm³/mol. The number of nitrogens with one attached hydrogen (secondary N) is 1. The number of rotatable bonds is 2. The number of nitrogens with zero attached hydrogens (tertiary/aromatic N) is 1. The van der Waals surface area contributed by atoms with E-state index in [1.807, 2.05) is 6.07 Å². The number of halogens is 1. The third kappa shape index (κ3) is 2.61. The molecule has 82 valence electrons. The van der Waals surface area contributed by atoms with Gasteiger partial charge in [-0.15, -0.1) is 0 Å². The second-order valence-corrected chi connectivity index (χ2v) is 4.52. The van der Waals surface area contributed by atoms with Crippen LogP contribution < -0.4 is 10.1 Å². The Kier molecular flexibility index (Phi) is 3.12. The van der Waals surface area contributed by atoms with Crippen LogP contribution >= 0.6 is 11.6 Å². The second-order valence-electron chi connectivity index (χ2n) is 4.11. The molecule has 0 spiro atoms. The number of ether oxygens (including phenoxy) is 1. The Morgan fingerprint density at radius 1 is 1.47 bits per heavy atom. The maximum absolute atomic E-state index is 6.00. The molecular formula is C11H15ClN2O. The Morgan fingerprint density at radius 3 is 2.87 bits per heavy atom. The molecule has 1 aliphatic heterocycles. The first-order valence-electron chi connectivity index (χ1n) is 5.19. The molecule has 0 unspecified atom stereocenters. The maximum atomic E-state index is 6.00. The minimum atomic E-state index is -0.101. The lowest BCUT2D eigenvalue weighted by atomic mass is 9.94. The smallest absolute Gasteiger partial charge is 0.141 e. The number of pyridine rings is 1. The molecule has 0 atom stereocenters. The highest BCUT2D eigenvalue weighted by Gasteiger charge is 2.29. The van der Waals surface area contributed by atoms with E-state index in [2.05, 4.69) is 17.2 Å². The van der Waals surface area contributed by atoms with Crippen molar-refractivity contribution in [3.8, 4) is 5.75 Å². The summed E-state index contributed by atoms with van der Waals surface area (Å²) >= 11 is 6.00. The zero-order valence-electron chi connectivity index (χ0n) is 8.79. The third-order valence-corrected chi connectivity index (χ3v) is 3.04. The molecule has 1 N–H and O–H groups in total. The van der Waals surface area contributed by atoms with E-state index in [1.165, 1.54) is 0 Å². The Morgan fingerprint density at radius 2 is 2.20 bits per heavy atom. The monoisotopic (exact) mass is 226 g/mol.